The Morgan fingerprint density at radius 3 is 1.69 bits per heavy atom. The van der Waals surface area contributed by atoms with E-state index in [0.717, 1.165) is 18.4 Å². The highest BCUT2D eigenvalue weighted by atomic mass is 16.6. The summed E-state index contributed by atoms with van der Waals surface area (Å²) in [5.74, 6) is 1.24. The van der Waals surface area contributed by atoms with Gasteiger partial charge >= 0.3 is 0 Å². The summed E-state index contributed by atoms with van der Waals surface area (Å²) in [6.07, 6.45) is 2.04. The number of nitro groups is 1. The van der Waals surface area contributed by atoms with Crippen LogP contribution in [0.4, 0.5) is 11.4 Å². The lowest BCUT2D eigenvalue weighted by Crippen LogP contribution is -1.94. The zero-order valence-corrected chi connectivity index (χ0v) is 15.8. The van der Waals surface area contributed by atoms with Crippen molar-refractivity contribution in [1.29, 1.82) is 0 Å². The van der Waals surface area contributed by atoms with Gasteiger partial charge in [-0.25, -0.2) is 0 Å². The summed E-state index contributed by atoms with van der Waals surface area (Å²) >= 11 is 0. The molecule has 0 unspecified atom stereocenters. The second-order valence-corrected chi connectivity index (χ2v) is 6.98. The molecule has 6 nitrogen and oxygen atoms in total. The summed E-state index contributed by atoms with van der Waals surface area (Å²) in [5.41, 5.74) is 11.5. The third kappa shape index (κ3) is 8.31. The van der Waals surface area contributed by atoms with Crippen LogP contribution in [0.25, 0.3) is 10.4 Å². The van der Waals surface area contributed by atoms with Crippen LogP contribution >= 0.6 is 0 Å². The summed E-state index contributed by atoms with van der Waals surface area (Å²) in [5, 5.41) is 13.8. The first-order valence-corrected chi connectivity index (χ1v) is 8.69. The Morgan fingerprint density at radius 1 is 0.923 bits per heavy atom. The molecule has 6 heteroatoms. The average Bonchev–Trinajstić information content (AvgIpc) is 2.57. The van der Waals surface area contributed by atoms with E-state index in [0.29, 0.717) is 17.5 Å². The number of nitro benzene ring substituents is 1. The molecule has 2 aromatic rings. The summed E-state index contributed by atoms with van der Waals surface area (Å²) in [4.78, 5) is 12.7. The van der Waals surface area contributed by atoms with Crippen LogP contribution < -0.4 is 0 Å². The first kappa shape index (κ1) is 21.2. The molecule has 0 aliphatic rings. The van der Waals surface area contributed by atoms with E-state index in [9.17, 15) is 10.1 Å². The number of non-ortho nitro benzene ring substituents is 1. The van der Waals surface area contributed by atoms with Gasteiger partial charge in [-0.1, -0.05) is 69.2 Å². The van der Waals surface area contributed by atoms with Crippen molar-refractivity contribution in [3.8, 4) is 0 Å². The van der Waals surface area contributed by atoms with Crippen molar-refractivity contribution in [2.24, 2.45) is 17.0 Å². The summed E-state index contributed by atoms with van der Waals surface area (Å²) in [6.45, 7) is 8.62. The SMILES string of the molecule is CC(C)Cc1ccc(N=[N+]=[N-])cc1.CC(C)Cc1ccc([N+](=O)[O-])cc1. The van der Waals surface area contributed by atoms with Gasteiger partial charge in [0.15, 0.2) is 0 Å². The number of rotatable bonds is 6. The number of hydrogen-bond acceptors (Lipinski definition) is 3. The molecule has 0 fully saturated rings. The zero-order valence-electron chi connectivity index (χ0n) is 15.8. The lowest BCUT2D eigenvalue weighted by molar-refractivity contribution is -0.384. The fraction of sp³-hybridized carbons (Fsp3) is 0.400. The van der Waals surface area contributed by atoms with Crippen LogP contribution in [0.15, 0.2) is 53.6 Å². The molecule has 0 spiro atoms. The smallest absolute Gasteiger partial charge is 0.258 e. The fourth-order valence-electron chi connectivity index (χ4n) is 2.45. The quantitative estimate of drug-likeness (QED) is 0.192. The molecule has 0 aromatic heterocycles. The largest absolute Gasteiger partial charge is 0.269 e. The van der Waals surface area contributed by atoms with Crippen LogP contribution in [0.1, 0.15) is 38.8 Å². The molecule has 26 heavy (non-hydrogen) atoms. The van der Waals surface area contributed by atoms with Gasteiger partial charge in [0.1, 0.15) is 0 Å². The molecule has 0 heterocycles. The molecule has 0 N–H and O–H groups in total. The van der Waals surface area contributed by atoms with E-state index in [1.54, 1.807) is 12.1 Å². The Bertz CT molecular complexity index is 680. The van der Waals surface area contributed by atoms with Gasteiger partial charge in [0.25, 0.3) is 5.69 Å². The monoisotopic (exact) mass is 354 g/mol. The maximum Gasteiger partial charge on any atom is 0.269 e. The lowest BCUT2D eigenvalue weighted by atomic mass is 10.0. The normalized spacial score (nSPS) is 10.1. The van der Waals surface area contributed by atoms with E-state index in [-0.39, 0.29) is 10.6 Å². The van der Waals surface area contributed by atoms with Gasteiger partial charge in [0.2, 0.25) is 0 Å². The van der Waals surface area contributed by atoms with Crippen molar-refractivity contribution >= 4 is 11.4 Å². The first-order valence-electron chi connectivity index (χ1n) is 8.69. The minimum atomic E-state index is -0.376. The third-order valence-electron chi connectivity index (χ3n) is 3.53. The molecule has 2 rings (SSSR count). The third-order valence-corrected chi connectivity index (χ3v) is 3.53. The van der Waals surface area contributed by atoms with Crippen molar-refractivity contribution in [3.05, 3.63) is 80.2 Å². The van der Waals surface area contributed by atoms with Crippen LogP contribution in [-0.2, 0) is 12.8 Å². The minimum Gasteiger partial charge on any atom is -0.258 e. The number of hydrogen-bond donors (Lipinski definition) is 0. The van der Waals surface area contributed by atoms with Crippen LogP contribution in [0.5, 0.6) is 0 Å². The average molecular weight is 354 g/mol. The minimum absolute atomic E-state index is 0.160. The van der Waals surface area contributed by atoms with Gasteiger partial charge < -0.3 is 0 Å². The second-order valence-electron chi connectivity index (χ2n) is 6.98. The van der Waals surface area contributed by atoms with E-state index in [1.165, 1.54) is 5.56 Å². The van der Waals surface area contributed by atoms with Gasteiger partial charge in [-0.05, 0) is 41.3 Å². The first-order chi connectivity index (χ1) is 12.3. The van der Waals surface area contributed by atoms with E-state index in [4.69, 9.17) is 5.53 Å². The van der Waals surface area contributed by atoms with Gasteiger partial charge in [0, 0.05) is 22.7 Å². The lowest BCUT2D eigenvalue weighted by Gasteiger charge is -2.03. The Balaban J connectivity index is 0.000000260. The Morgan fingerprint density at radius 2 is 1.35 bits per heavy atom. The van der Waals surface area contributed by atoms with E-state index >= 15 is 0 Å². The topological polar surface area (TPSA) is 91.9 Å². The maximum atomic E-state index is 10.3. The van der Waals surface area contributed by atoms with Crippen molar-refractivity contribution in [2.45, 2.75) is 40.5 Å². The zero-order chi connectivity index (χ0) is 19.5. The number of nitrogens with zero attached hydrogens (tertiary/aromatic N) is 4. The van der Waals surface area contributed by atoms with Crippen molar-refractivity contribution in [2.75, 3.05) is 0 Å². The van der Waals surface area contributed by atoms with Gasteiger partial charge in [-0.2, -0.15) is 0 Å². The second kappa shape index (κ2) is 10.9. The molecule has 138 valence electrons. The fourth-order valence-corrected chi connectivity index (χ4v) is 2.45. The summed E-state index contributed by atoms with van der Waals surface area (Å²) in [7, 11) is 0. The maximum absolute atomic E-state index is 10.3. The highest BCUT2D eigenvalue weighted by Crippen LogP contribution is 2.15. The standard InChI is InChI=1S/C10H13N3.C10H13NO2/c1-8(2)7-9-3-5-10(6-4-9)12-13-11;1-8(2)7-9-3-5-10(6-4-9)11(12)13/h2*3-6,8H,7H2,1-2H3. The van der Waals surface area contributed by atoms with Crippen LogP contribution in [0, 0.1) is 22.0 Å². The Kier molecular flexibility index (Phi) is 8.88. The summed E-state index contributed by atoms with van der Waals surface area (Å²) < 4.78 is 0. The Hall–Kier alpha value is -2.85. The summed E-state index contributed by atoms with van der Waals surface area (Å²) in [6, 6.07) is 14.4. The van der Waals surface area contributed by atoms with Crippen molar-refractivity contribution < 1.29 is 4.92 Å². The predicted molar refractivity (Wildman–Crippen MR) is 105 cm³/mol. The molecule has 0 saturated carbocycles. The predicted octanol–water partition coefficient (Wildman–Crippen LogP) is 6.62. The molecule has 0 bridgehead atoms. The molecule has 0 amide bonds. The van der Waals surface area contributed by atoms with Crippen molar-refractivity contribution in [3.63, 3.8) is 0 Å². The van der Waals surface area contributed by atoms with E-state index < -0.39 is 0 Å². The van der Waals surface area contributed by atoms with E-state index in [1.807, 2.05) is 36.4 Å². The van der Waals surface area contributed by atoms with Crippen LogP contribution in [0.2, 0.25) is 0 Å². The molecule has 0 saturated heterocycles. The van der Waals surface area contributed by atoms with Crippen molar-refractivity contribution in [1.82, 2.24) is 0 Å². The molecule has 0 aliphatic carbocycles. The van der Waals surface area contributed by atoms with Gasteiger partial charge in [-0.3, -0.25) is 10.1 Å². The molecule has 0 aliphatic heterocycles. The molecular formula is C20H26N4O2. The van der Waals surface area contributed by atoms with Gasteiger partial charge in [0.05, 0.1) is 4.92 Å². The van der Waals surface area contributed by atoms with Crippen LogP contribution in [0.3, 0.4) is 0 Å². The van der Waals surface area contributed by atoms with Gasteiger partial charge in [-0.15, -0.1) is 0 Å². The van der Waals surface area contributed by atoms with E-state index in [2.05, 4.69) is 37.7 Å². The molecule has 2 aromatic carbocycles. The number of azide groups is 1. The highest BCUT2D eigenvalue weighted by Gasteiger charge is 2.04. The highest BCUT2D eigenvalue weighted by molar-refractivity contribution is 5.38. The van der Waals surface area contributed by atoms with Crippen LogP contribution in [-0.4, -0.2) is 4.92 Å². The molecule has 0 atom stereocenters. The molecule has 0 radical (unpaired) electrons. The molecular weight excluding hydrogens is 328 g/mol. The number of benzene rings is 2. The Labute approximate surface area is 154 Å².